The average Bonchev–Trinajstić information content (AvgIpc) is 3.22. The molecule has 0 spiro atoms. The first kappa shape index (κ1) is 19.1. The van der Waals surface area contributed by atoms with E-state index in [0.29, 0.717) is 21.4 Å². The molecule has 0 aliphatic heterocycles. The van der Waals surface area contributed by atoms with E-state index in [-0.39, 0.29) is 18.4 Å². The largest absolute Gasteiger partial charge is 0.349 e. The molecule has 136 valence electrons. The quantitative estimate of drug-likeness (QED) is 0.529. The van der Waals surface area contributed by atoms with E-state index in [1.54, 1.807) is 23.5 Å². The molecule has 0 saturated carbocycles. The Morgan fingerprint density at radius 2 is 2.23 bits per heavy atom. The smallest absolute Gasteiger partial charge is 0.222 e. The van der Waals surface area contributed by atoms with Crippen molar-refractivity contribution in [1.82, 2.24) is 20.1 Å². The lowest BCUT2D eigenvalue weighted by Crippen LogP contribution is -2.27. The van der Waals surface area contributed by atoms with Crippen molar-refractivity contribution in [2.24, 2.45) is 0 Å². The van der Waals surface area contributed by atoms with Crippen molar-refractivity contribution < 1.29 is 4.79 Å². The van der Waals surface area contributed by atoms with Crippen molar-refractivity contribution in [3.05, 3.63) is 56.1 Å². The fraction of sp³-hybridized carbons (Fsp3) is 0.235. The van der Waals surface area contributed by atoms with Crippen LogP contribution in [0.4, 0.5) is 0 Å². The molecule has 1 aromatic carbocycles. The van der Waals surface area contributed by atoms with Gasteiger partial charge in [0.2, 0.25) is 5.91 Å². The van der Waals surface area contributed by atoms with Crippen LogP contribution in [0.3, 0.4) is 0 Å². The molecule has 0 aliphatic carbocycles. The van der Waals surface area contributed by atoms with Crippen LogP contribution in [0.25, 0.3) is 10.7 Å². The second-order valence-corrected chi connectivity index (χ2v) is 7.86. The van der Waals surface area contributed by atoms with Gasteiger partial charge in [-0.3, -0.25) is 14.5 Å². The van der Waals surface area contributed by atoms with Crippen LogP contribution in [0.5, 0.6) is 0 Å². The Kier molecular flexibility index (Phi) is 6.13. The number of halogens is 2. The normalized spacial score (nSPS) is 12.1. The number of hydrogen-bond donors (Lipinski definition) is 2. The number of carbonyl (C=O) groups is 1. The SMILES string of the molecule is CC(NC(=O)CCn1c(-c2cccs2)n[nH]c1=S)c1ccc(Cl)cc1Cl. The van der Waals surface area contributed by atoms with E-state index >= 15 is 0 Å². The standard InChI is InChI=1S/C17H16Cl2N4OS2/c1-10(12-5-4-11(18)9-13(12)19)20-15(24)6-7-23-16(21-22-17(23)25)14-3-2-8-26-14/h2-5,8-10H,6-7H2,1H3,(H,20,24)(H,22,25). The zero-order chi connectivity index (χ0) is 18.7. The van der Waals surface area contributed by atoms with Gasteiger partial charge in [-0.1, -0.05) is 35.3 Å². The third-order valence-electron chi connectivity index (χ3n) is 3.87. The number of rotatable bonds is 6. The van der Waals surface area contributed by atoms with E-state index in [0.717, 1.165) is 16.3 Å². The Hall–Kier alpha value is -1.67. The molecule has 1 atom stereocenters. The van der Waals surface area contributed by atoms with Crippen molar-refractivity contribution in [1.29, 1.82) is 0 Å². The monoisotopic (exact) mass is 426 g/mol. The Bertz CT molecular complexity index is 966. The van der Waals surface area contributed by atoms with Crippen molar-refractivity contribution in [3.8, 4) is 10.7 Å². The van der Waals surface area contributed by atoms with Crippen LogP contribution in [0.1, 0.15) is 24.9 Å². The molecular weight excluding hydrogens is 411 g/mol. The zero-order valence-electron chi connectivity index (χ0n) is 13.8. The minimum Gasteiger partial charge on any atom is -0.349 e. The van der Waals surface area contributed by atoms with Crippen LogP contribution in [0.15, 0.2) is 35.7 Å². The van der Waals surface area contributed by atoms with Gasteiger partial charge in [0, 0.05) is 23.0 Å². The number of benzene rings is 1. The number of H-pyrrole nitrogens is 1. The second kappa shape index (κ2) is 8.35. The number of carbonyl (C=O) groups excluding carboxylic acids is 1. The fourth-order valence-corrected chi connectivity index (χ4v) is 4.09. The minimum absolute atomic E-state index is 0.0938. The van der Waals surface area contributed by atoms with Crippen LogP contribution < -0.4 is 5.32 Å². The maximum absolute atomic E-state index is 12.4. The lowest BCUT2D eigenvalue weighted by molar-refractivity contribution is -0.121. The molecule has 0 saturated heterocycles. The molecule has 3 rings (SSSR count). The summed E-state index contributed by atoms with van der Waals surface area (Å²) in [5.41, 5.74) is 0.823. The van der Waals surface area contributed by atoms with Gasteiger partial charge in [0.25, 0.3) is 0 Å². The van der Waals surface area contributed by atoms with E-state index in [2.05, 4.69) is 15.5 Å². The highest BCUT2D eigenvalue weighted by atomic mass is 35.5. The highest BCUT2D eigenvalue weighted by molar-refractivity contribution is 7.71. The summed E-state index contributed by atoms with van der Waals surface area (Å²) in [6.07, 6.45) is 0.280. The van der Waals surface area contributed by atoms with Crippen LogP contribution >= 0.6 is 46.8 Å². The van der Waals surface area contributed by atoms with E-state index in [4.69, 9.17) is 35.4 Å². The first-order valence-electron chi connectivity index (χ1n) is 7.89. The van der Waals surface area contributed by atoms with Gasteiger partial charge in [-0.25, -0.2) is 0 Å². The third kappa shape index (κ3) is 4.35. The van der Waals surface area contributed by atoms with Gasteiger partial charge in [0.15, 0.2) is 10.6 Å². The number of aromatic nitrogens is 3. The molecule has 26 heavy (non-hydrogen) atoms. The number of nitrogens with one attached hydrogen (secondary N) is 2. The predicted molar refractivity (Wildman–Crippen MR) is 108 cm³/mol. The van der Waals surface area contributed by atoms with Crippen molar-refractivity contribution in [3.63, 3.8) is 0 Å². The Morgan fingerprint density at radius 3 is 2.92 bits per heavy atom. The first-order valence-corrected chi connectivity index (χ1v) is 9.93. The zero-order valence-corrected chi connectivity index (χ0v) is 17.0. The molecule has 2 aromatic heterocycles. The lowest BCUT2D eigenvalue weighted by atomic mass is 10.1. The molecule has 1 amide bonds. The Balaban J connectivity index is 1.65. The highest BCUT2D eigenvalue weighted by Gasteiger charge is 2.15. The maximum atomic E-state index is 12.4. The van der Waals surface area contributed by atoms with Gasteiger partial charge < -0.3 is 5.32 Å². The number of amides is 1. The van der Waals surface area contributed by atoms with E-state index in [1.807, 2.05) is 35.1 Å². The predicted octanol–water partition coefficient (Wildman–Crippen LogP) is 5.24. The summed E-state index contributed by atoms with van der Waals surface area (Å²) in [4.78, 5) is 13.4. The Morgan fingerprint density at radius 1 is 1.42 bits per heavy atom. The summed E-state index contributed by atoms with van der Waals surface area (Å²) >= 11 is 19.0. The van der Waals surface area contributed by atoms with Gasteiger partial charge in [0.1, 0.15) is 0 Å². The van der Waals surface area contributed by atoms with E-state index in [1.165, 1.54) is 0 Å². The average molecular weight is 427 g/mol. The van der Waals surface area contributed by atoms with E-state index in [9.17, 15) is 4.79 Å². The van der Waals surface area contributed by atoms with Crippen LogP contribution in [-0.4, -0.2) is 20.7 Å². The highest BCUT2D eigenvalue weighted by Crippen LogP contribution is 2.26. The molecule has 1 unspecified atom stereocenters. The molecule has 5 nitrogen and oxygen atoms in total. The maximum Gasteiger partial charge on any atom is 0.222 e. The summed E-state index contributed by atoms with van der Waals surface area (Å²) in [7, 11) is 0. The summed E-state index contributed by atoms with van der Waals surface area (Å²) in [6.45, 7) is 2.32. The van der Waals surface area contributed by atoms with Crippen molar-refractivity contribution >= 4 is 52.7 Å². The molecule has 2 heterocycles. The van der Waals surface area contributed by atoms with Gasteiger partial charge in [-0.2, -0.15) is 5.10 Å². The molecule has 2 N–H and O–H groups in total. The molecule has 0 bridgehead atoms. The van der Waals surface area contributed by atoms with Crippen LogP contribution in [0.2, 0.25) is 10.0 Å². The summed E-state index contributed by atoms with van der Waals surface area (Å²) in [6, 6.07) is 8.93. The first-order chi connectivity index (χ1) is 12.5. The van der Waals surface area contributed by atoms with Crippen molar-refractivity contribution in [2.75, 3.05) is 0 Å². The fourth-order valence-electron chi connectivity index (χ4n) is 2.58. The molecule has 0 aliphatic rings. The number of aromatic amines is 1. The molecule has 3 aromatic rings. The molecule has 9 heteroatoms. The van der Waals surface area contributed by atoms with Gasteiger partial charge in [0.05, 0.1) is 10.9 Å². The second-order valence-electron chi connectivity index (χ2n) is 5.69. The summed E-state index contributed by atoms with van der Waals surface area (Å²) in [5.74, 6) is 0.648. The summed E-state index contributed by atoms with van der Waals surface area (Å²) < 4.78 is 2.33. The van der Waals surface area contributed by atoms with Gasteiger partial charge >= 0.3 is 0 Å². The Labute approximate surface area is 170 Å². The summed E-state index contributed by atoms with van der Waals surface area (Å²) in [5, 5.41) is 13.1. The van der Waals surface area contributed by atoms with Gasteiger partial charge in [-0.05, 0) is 48.3 Å². The van der Waals surface area contributed by atoms with E-state index < -0.39 is 0 Å². The number of hydrogen-bond acceptors (Lipinski definition) is 4. The topological polar surface area (TPSA) is 62.7 Å². The third-order valence-corrected chi connectivity index (χ3v) is 5.61. The van der Waals surface area contributed by atoms with Crippen LogP contribution in [0, 0.1) is 4.77 Å². The minimum atomic E-state index is -0.221. The molecular formula is C17H16Cl2N4OS2. The van der Waals surface area contributed by atoms with Crippen molar-refractivity contribution in [2.45, 2.75) is 25.9 Å². The van der Waals surface area contributed by atoms with Crippen LogP contribution in [-0.2, 0) is 11.3 Å². The molecule has 0 fully saturated rings. The molecule has 0 radical (unpaired) electrons. The lowest BCUT2D eigenvalue weighted by Gasteiger charge is -2.16. The van der Waals surface area contributed by atoms with Gasteiger partial charge in [-0.15, -0.1) is 11.3 Å². The number of nitrogens with zero attached hydrogens (tertiary/aromatic N) is 2. The number of thiophene rings is 1.